The topological polar surface area (TPSA) is 102 Å². The van der Waals surface area contributed by atoms with Crippen molar-refractivity contribution in [3.63, 3.8) is 0 Å². The Labute approximate surface area is 227 Å². The van der Waals surface area contributed by atoms with Gasteiger partial charge in [0.15, 0.2) is 0 Å². The van der Waals surface area contributed by atoms with E-state index >= 15 is 0 Å². The van der Waals surface area contributed by atoms with Crippen molar-refractivity contribution in [2.45, 2.75) is 45.0 Å². The maximum Gasteiger partial charge on any atom is 0.270 e. The van der Waals surface area contributed by atoms with Crippen molar-refractivity contribution < 1.29 is 19.1 Å². The number of carbonyl (C=O) groups excluding carboxylic acids is 3. The number of amides is 3. The number of hydrogen-bond donors (Lipinski definition) is 2. The molecule has 2 aromatic carbocycles. The minimum atomic E-state index is -0.792. The van der Waals surface area contributed by atoms with Crippen LogP contribution in [0.2, 0.25) is 0 Å². The van der Waals surface area contributed by atoms with Gasteiger partial charge in [0.25, 0.3) is 5.91 Å². The molecular weight excluding hydrogens is 496 g/mol. The van der Waals surface area contributed by atoms with Crippen molar-refractivity contribution in [3.05, 3.63) is 77.4 Å². The lowest BCUT2D eigenvalue weighted by atomic mass is 10.1. The molecule has 3 aromatic rings. The van der Waals surface area contributed by atoms with Gasteiger partial charge in [-0.1, -0.05) is 30.3 Å². The lowest BCUT2D eigenvalue weighted by Crippen LogP contribution is -2.62. The Balaban J connectivity index is 1.27. The summed E-state index contributed by atoms with van der Waals surface area (Å²) in [6, 6.07) is 16.4. The van der Waals surface area contributed by atoms with Crippen LogP contribution in [0.1, 0.15) is 36.3 Å². The average Bonchev–Trinajstić information content (AvgIpc) is 3.53. The molecule has 2 aliphatic rings. The molecule has 3 heterocycles. The van der Waals surface area contributed by atoms with E-state index in [1.54, 1.807) is 16.0 Å². The van der Waals surface area contributed by atoms with Crippen molar-refractivity contribution in [3.8, 4) is 5.75 Å². The van der Waals surface area contributed by atoms with Crippen molar-refractivity contribution in [2.24, 2.45) is 0 Å². The van der Waals surface area contributed by atoms with E-state index in [0.29, 0.717) is 37.6 Å². The van der Waals surface area contributed by atoms with E-state index in [1.165, 1.54) is 11.8 Å². The molecule has 1 aromatic heterocycles. The largest absolute Gasteiger partial charge is 0.489 e. The summed E-state index contributed by atoms with van der Waals surface area (Å²) in [5.74, 6) is -0.0381. The summed E-state index contributed by atoms with van der Waals surface area (Å²) < 4.78 is 5.93. The molecular formula is C29H32N6O4. The summed E-state index contributed by atoms with van der Waals surface area (Å²) in [6.07, 6.45) is 0.662. The van der Waals surface area contributed by atoms with E-state index in [9.17, 15) is 14.4 Å². The molecule has 3 atom stereocenters. The first kappa shape index (κ1) is 26.1. The molecule has 10 heteroatoms. The molecule has 2 N–H and O–H groups in total. The average molecular weight is 529 g/mol. The van der Waals surface area contributed by atoms with Gasteiger partial charge in [-0.05, 0) is 43.2 Å². The molecule has 0 spiro atoms. The van der Waals surface area contributed by atoms with E-state index in [-0.39, 0.29) is 42.9 Å². The number of aromatic nitrogens is 1. The minimum Gasteiger partial charge on any atom is -0.489 e. The molecule has 0 aliphatic carbocycles. The van der Waals surface area contributed by atoms with Gasteiger partial charge in [0.2, 0.25) is 11.8 Å². The number of nitrogens with zero attached hydrogens (tertiary/aromatic N) is 4. The number of fused-ring (bicyclic) bond motifs is 1. The number of carbonyl (C=O) groups is 3. The maximum absolute atomic E-state index is 13.5. The van der Waals surface area contributed by atoms with E-state index in [4.69, 9.17) is 11.3 Å². The third-order valence-corrected chi connectivity index (χ3v) is 7.46. The van der Waals surface area contributed by atoms with Crippen molar-refractivity contribution in [2.75, 3.05) is 26.2 Å². The summed E-state index contributed by atoms with van der Waals surface area (Å²) in [6.45, 7) is 12.3. The molecule has 0 saturated carbocycles. The normalized spacial score (nSPS) is 21.1. The first-order valence-corrected chi connectivity index (χ1v) is 13.1. The second kappa shape index (κ2) is 11.1. The summed E-state index contributed by atoms with van der Waals surface area (Å²) in [5, 5.41) is 5.47. The van der Waals surface area contributed by atoms with Gasteiger partial charge in [-0.15, -0.1) is 5.01 Å². The number of piperazine rings is 1. The van der Waals surface area contributed by atoms with Crippen LogP contribution in [0, 0.1) is 6.57 Å². The van der Waals surface area contributed by atoms with Gasteiger partial charge in [0.1, 0.15) is 30.6 Å². The second-order valence-electron chi connectivity index (χ2n) is 10.2. The summed E-state index contributed by atoms with van der Waals surface area (Å²) in [4.78, 5) is 48.9. The Hall–Kier alpha value is -4.52. The number of benzene rings is 2. The fraction of sp³-hybridized carbons (Fsp3) is 0.379. The zero-order valence-electron chi connectivity index (χ0n) is 22.1. The Bertz CT molecular complexity index is 1410. The Kier molecular flexibility index (Phi) is 7.41. The Morgan fingerprint density at radius 3 is 2.62 bits per heavy atom. The third kappa shape index (κ3) is 5.67. The summed E-state index contributed by atoms with van der Waals surface area (Å²) in [7, 11) is 0. The highest BCUT2D eigenvalue weighted by Crippen LogP contribution is 2.24. The van der Waals surface area contributed by atoms with Gasteiger partial charge >= 0.3 is 0 Å². The second-order valence-corrected chi connectivity index (χ2v) is 10.2. The first-order valence-electron chi connectivity index (χ1n) is 13.1. The minimum absolute atomic E-state index is 0.0485. The van der Waals surface area contributed by atoms with Gasteiger partial charge in [-0.3, -0.25) is 14.4 Å². The molecule has 2 fully saturated rings. The SMILES string of the molecule is [C-]#[N+]N1C[C@@H](NC(=O)[C@H]2CN(C(=O)c3cc4cc(OCc5ccccc5)ccc4[nH]3)CCN2C(C)=O)C[C@H]1C. The zero-order valence-corrected chi connectivity index (χ0v) is 22.1. The maximum atomic E-state index is 13.5. The highest BCUT2D eigenvalue weighted by molar-refractivity contribution is 5.99. The fourth-order valence-corrected chi connectivity index (χ4v) is 5.35. The van der Waals surface area contributed by atoms with E-state index < -0.39 is 6.04 Å². The van der Waals surface area contributed by atoms with Gasteiger partial charge in [-0.2, -0.15) is 11.5 Å². The van der Waals surface area contributed by atoms with Gasteiger partial charge < -0.3 is 24.8 Å². The molecule has 3 amide bonds. The van der Waals surface area contributed by atoms with Gasteiger partial charge in [0, 0.05) is 30.9 Å². The van der Waals surface area contributed by atoms with Crippen LogP contribution in [-0.4, -0.2) is 81.8 Å². The van der Waals surface area contributed by atoms with Crippen LogP contribution in [0.15, 0.2) is 54.6 Å². The van der Waals surface area contributed by atoms with Crippen molar-refractivity contribution in [1.82, 2.24) is 25.1 Å². The predicted molar refractivity (Wildman–Crippen MR) is 145 cm³/mol. The predicted octanol–water partition coefficient (Wildman–Crippen LogP) is 2.83. The number of aromatic amines is 1. The Morgan fingerprint density at radius 1 is 1.10 bits per heavy atom. The highest BCUT2D eigenvalue weighted by atomic mass is 16.5. The number of nitrogens with one attached hydrogen (secondary N) is 2. The molecule has 2 saturated heterocycles. The van der Waals surface area contributed by atoms with E-state index in [2.05, 4.69) is 15.3 Å². The van der Waals surface area contributed by atoms with Crippen LogP contribution in [-0.2, 0) is 16.2 Å². The molecule has 2 aliphatic heterocycles. The first-order chi connectivity index (χ1) is 18.8. The molecule has 0 radical (unpaired) electrons. The summed E-state index contributed by atoms with van der Waals surface area (Å²) >= 11 is 0. The van der Waals surface area contributed by atoms with Crippen LogP contribution in [0.25, 0.3) is 15.9 Å². The molecule has 0 unspecified atom stereocenters. The van der Waals surface area contributed by atoms with Gasteiger partial charge in [0.05, 0.1) is 18.6 Å². The molecule has 39 heavy (non-hydrogen) atoms. The van der Waals surface area contributed by atoms with E-state index in [0.717, 1.165) is 16.5 Å². The monoisotopic (exact) mass is 528 g/mol. The lowest BCUT2D eigenvalue weighted by molar-refractivity contribution is -0.142. The third-order valence-electron chi connectivity index (χ3n) is 7.46. The lowest BCUT2D eigenvalue weighted by Gasteiger charge is -2.40. The smallest absolute Gasteiger partial charge is 0.270 e. The molecule has 5 rings (SSSR count). The molecule has 10 nitrogen and oxygen atoms in total. The number of H-pyrrole nitrogens is 1. The number of rotatable bonds is 6. The highest BCUT2D eigenvalue weighted by Gasteiger charge is 2.39. The van der Waals surface area contributed by atoms with Crippen LogP contribution < -0.4 is 10.1 Å². The molecule has 202 valence electrons. The van der Waals surface area contributed by atoms with Crippen molar-refractivity contribution in [1.29, 1.82) is 0 Å². The van der Waals surface area contributed by atoms with Gasteiger partial charge in [-0.25, -0.2) is 0 Å². The number of ether oxygens (including phenoxy) is 1. The molecule has 0 bridgehead atoms. The van der Waals surface area contributed by atoms with Crippen LogP contribution in [0.5, 0.6) is 5.75 Å². The Morgan fingerprint density at radius 2 is 1.90 bits per heavy atom. The van der Waals surface area contributed by atoms with Crippen LogP contribution in [0.4, 0.5) is 0 Å². The fourth-order valence-electron chi connectivity index (χ4n) is 5.35. The summed E-state index contributed by atoms with van der Waals surface area (Å²) in [5.41, 5.74) is 2.29. The van der Waals surface area contributed by atoms with Crippen LogP contribution in [0.3, 0.4) is 0 Å². The quantitative estimate of drug-likeness (QED) is 0.479. The van der Waals surface area contributed by atoms with Crippen molar-refractivity contribution >= 4 is 28.6 Å². The number of hydrogen-bond acceptors (Lipinski definition) is 5. The van der Waals surface area contributed by atoms with E-state index in [1.807, 2.05) is 55.5 Å². The van der Waals surface area contributed by atoms with Crippen LogP contribution >= 0.6 is 0 Å². The standard InChI is InChI=1S/C29H32N6O4/c1-19-13-23(16-35(19)30-3)31-28(37)27-17-33(11-12-34(27)20(2)36)29(38)26-15-22-14-24(9-10-25(22)32-26)39-18-21-7-5-4-6-8-21/h4-10,14-15,19,23,27,32H,11-13,16-18H2,1-2H3,(H,31,37)/t19-,23+,27-/m1/s1. The zero-order chi connectivity index (χ0) is 27.5.